The first-order chi connectivity index (χ1) is 11.8. The Morgan fingerprint density at radius 1 is 0.875 bits per heavy atom. The Morgan fingerprint density at radius 2 is 1.50 bits per heavy atom. The van der Waals surface area contributed by atoms with Gasteiger partial charge in [-0.2, -0.15) is 0 Å². The molecule has 4 rings (SSSR count). The van der Waals surface area contributed by atoms with Crippen molar-refractivity contribution in [3.8, 4) is 0 Å². The SMILES string of the molecule is O=C1C(C2CCN(Cc3ccccc3)CC2)CN1c1ccccc1. The van der Waals surface area contributed by atoms with Crippen LogP contribution in [0.2, 0.25) is 0 Å². The Balaban J connectivity index is 1.29. The summed E-state index contributed by atoms with van der Waals surface area (Å²) in [6.07, 6.45) is 2.29. The van der Waals surface area contributed by atoms with Crippen LogP contribution in [-0.2, 0) is 11.3 Å². The van der Waals surface area contributed by atoms with Gasteiger partial charge in [-0.1, -0.05) is 48.5 Å². The van der Waals surface area contributed by atoms with Gasteiger partial charge in [0.2, 0.25) is 5.91 Å². The molecule has 0 aliphatic carbocycles. The fraction of sp³-hybridized carbons (Fsp3) is 0.381. The fourth-order valence-corrected chi connectivity index (χ4v) is 4.00. The molecule has 2 aromatic carbocycles. The van der Waals surface area contributed by atoms with Crippen molar-refractivity contribution < 1.29 is 4.79 Å². The van der Waals surface area contributed by atoms with E-state index in [9.17, 15) is 4.79 Å². The lowest BCUT2D eigenvalue weighted by Gasteiger charge is -2.45. The van der Waals surface area contributed by atoms with Crippen molar-refractivity contribution in [2.45, 2.75) is 19.4 Å². The average Bonchev–Trinajstić information content (AvgIpc) is 2.64. The van der Waals surface area contributed by atoms with E-state index in [-0.39, 0.29) is 5.92 Å². The number of anilines is 1. The maximum atomic E-state index is 12.5. The summed E-state index contributed by atoms with van der Waals surface area (Å²) in [7, 11) is 0. The van der Waals surface area contributed by atoms with Gasteiger partial charge >= 0.3 is 0 Å². The van der Waals surface area contributed by atoms with Crippen LogP contribution < -0.4 is 4.90 Å². The molecule has 1 amide bonds. The van der Waals surface area contributed by atoms with Gasteiger partial charge in [-0.15, -0.1) is 0 Å². The topological polar surface area (TPSA) is 23.6 Å². The second-order valence-electron chi connectivity index (χ2n) is 6.99. The Hall–Kier alpha value is -2.13. The zero-order valence-electron chi connectivity index (χ0n) is 14.0. The molecule has 2 aliphatic rings. The summed E-state index contributed by atoms with van der Waals surface area (Å²) >= 11 is 0. The number of rotatable bonds is 4. The van der Waals surface area contributed by atoms with Gasteiger partial charge < -0.3 is 4.90 Å². The van der Waals surface area contributed by atoms with Gasteiger partial charge in [-0.25, -0.2) is 0 Å². The second-order valence-corrected chi connectivity index (χ2v) is 6.99. The summed E-state index contributed by atoms with van der Waals surface area (Å²) in [5.74, 6) is 1.12. The molecular formula is C21H24N2O. The minimum atomic E-state index is 0.240. The number of piperidine rings is 1. The molecule has 3 nitrogen and oxygen atoms in total. The highest BCUT2D eigenvalue weighted by atomic mass is 16.2. The van der Waals surface area contributed by atoms with Crippen LogP contribution in [-0.4, -0.2) is 30.4 Å². The van der Waals surface area contributed by atoms with Crippen LogP contribution >= 0.6 is 0 Å². The number of likely N-dealkylation sites (tertiary alicyclic amines) is 1. The first-order valence-corrected chi connectivity index (χ1v) is 8.94. The largest absolute Gasteiger partial charge is 0.311 e. The molecular weight excluding hydrogens is 296 g/mol. The van der Waals surface area contributed by atoms with Crippen LogP contribution in [0.15, 0.2) is 60.7 Å². The van der Waals surface area contributed by atoms with Crippen LogP contribution in [0.1, 0.15) is 18.4 Å². The molecule has 0 saturated carbocycles. The molecule has 124 valence electrons. The van der Waals surface area contributed by atoms with Crippen molar-refractivity contribution in [2.24, 2.45) is 11.8 Å². The lowest BCUT2D eigenvalue weighted by atomic mass is 9.78. The Bertz CT molecular complexity index is 677. The van der Waals surface area contributed by atoms with E-state index in [0.717, 1.165) is 44.7 Å². The fourth-order valence-electron chi connectivity index (χ4n) is 4.00. The van der Waals surface area contributed by atoms with Crippen LogP contribution in [0.3, 0.4) is 0 Å². The third-order valence-corrected chi connectivity index (χ3v) is 5.48. The molecule has 0 spiro atoms. The van der Waals surface area contributed by atoms with Gasteiger partial charge in [0.05, 0.1) is 5.92 Å². The van der Waals surface area contributed by atoms with Gasteiger partial charge in [0.15, 0.2) is 0 Å². The van der Waals surface area contributed by atoms with E-state index in [1.807, 2.05) is 35.2 Å². The molecule has 0 aromatic heterocycles. The highest BCUT2D eigenvalue weighted by molar-refractivity contribution is 6.01. The molecule has 0 N–H and O–H groups in total. The highest BCUT2D eigenvalue weighted by Gasteiger charge is 2.43. The van der Waals surface area contributed by atoms with E-state index in [0.29, 0.717) is 11.8 Å². The van der Waals surface area contributed by atoms with E-state index in [1.165, 1.54) is 5.56 Å². The van der Waals surface area contributed by atoms with E-state index in [4.69, 9.17) is 0 Å². The molecule has 2 fully saturated rings. The molecule has 0 bridgehead atoms. The van der Waals surface area contributed by atoms with Crippen molar-refractivity contribution >= 4 is 11.6 Å². The van der Waals surface area contributed by atoms with E-state index >= 15 is 0 Å². The summed E-state index contributed by atoms with van der Waals surface area (Å²) in [6, 6.07) is 20.7. The maximum Gasteiger partial charge on any atom is 0.232 e. The normalized spacial score (nSPS) is 22.4. The van der Waals surface area contributed by atoms with Crippen molar-refractivity contribution in [3.05, 3.63) is 66.2 Å². The van der Waals surface area contributed by atoms with E-state index < -0.39 is 0 Å². The number of benzene rings is 2. The predicted octanol–water partition coefficient (Wildman–Crippen LogP) is 3.56. The number of hydrogen-bond acceptors (Lipinski definition) is 2. The Labute approximate surface area is 143 Å². The third-order valence-electron chi connectivity index (χ3n) is 5.48. The van der Waals surface area contributed by atoms with Crippen molar-refractivity contribution in [2.75, 3.05) is 24.5 Å². The zero-order valence-corrected chi connectivity index (χ0v) is 14.0. The Kier molecular flexibility index (Phi) is 4.35. The number of amides is 1. The first kappa shape index (κ1) is 15.4. The number of β-lactam (4-membered cyclic amide) rings is 1. The van der Waals surface area contributed by atoms with Crippen molar-refractivity contribution in [1.29, 1.82) is 0 Å². The minimum Gasteiger partial charge on any atom is -0.311 e. The van der Waals surface area contributed by atoms with Gasteiger partial charge in [-0.05, 0) is 49.5 Å². The molecule has 1 unspecified atom stereocenters. The molecule has 0 radical (unpaired) electrons. The highest BCUT2D eigenvalue weighted by Crippen LogP contribution is 2.35. The molecule has 2 saturated heterocycles. The van der Waals surface area contributed by atoms with Crippen LogP contribution in [0.4, 0.5) is 5.69 Å². The zero-order chi connectivity index (χ0) is 16.4. The minimum absolute atomic E-state index is 0.240. The van der Waals surface area contributed by atoms with Gasteiger partial charge in [0.1, 0.15) is 0 Å². The van der Waals surface area contributed by atoms with E-state index in [2.05, 4.69) is 35.2 Å². The predicted molar refractivity (Wildman–Crippen MR) is 96.7 cm³/mol. The second kappa shape index (κ2) is 6.78. The summed E-state index contributed by atoms with van der Waals surface area (Å²) in [6.45, 7) is 4.14. The smallest absolute Gasteiger partial charge is 0.232 e. The first-order valence-electron chi connectivity index (χ1n) is 8.94. The summed E-state index contributed by atoms with van der Waals surface area (Å²) in [5, 5.41) is 0. The molecule has 3 heteroatoms. The number of nitrogens with zero attached hydrogens (tertiary/aromatic N) is 2. The quantitative estimate of drug-likeness (QED) is 0.804. The number of para-hydroxylation sites is 1. The Morgan fingerprint density at radius 3 is 2.12 bits per heavy atom. The maximum absolute atomic E-state index is 12.5. The van der Waals surface area contributed by atoms with Gasteiger partial charge in [0, 0.05) is 18.8 Å². The lowest BCUT2D eigenvalue weighted by molar-refractivity contribution is -0.130. The van der Waals surface area contributed by atoms with Crippen molar-refractivity contribution in [1.82, 2.24) is 4.90 Å². The summed E-state index contributed by atoms with van der Waals surface area (Å²) in [4.78, 5) is 17.0. The number of carbonyl (C=O) groups excluding carboxylic acids is 1. The summed E-state index contributed by atoms with van der Waals surface area (Å²) in [5.41, 5.74) is 2.42. The molecule has 2 aromatic rings. The third kappa shape index (κ3) is 3.09. The standard InChI is InChI=1S/C21H24N2O/c24-21-20(16-23(21)19-9-5-2-6-10-19)18-11-13-22(14-12-18)15-17-7-3-1-4-8-17/h1-10,18,20H,11-16H2. The monoisotopic (exact) mass is 320 g/mol. The molecule has 2 aliphatic heterocycles. The van der Waals surface area contributed by atoms with Gasteiger partial charge in [-0.3, -0.25) is 9.69 Å². The lowest BCUT2D eigenvalue weighted by Crippen LogP contribution is -2.57. The van der Waals surface area contributed by atoms with Crippen LogP contribution in [0, 0.1) is 11.8 Å². The summed E-state index contributed by atoms with van der Waals surface area (Å²) < 4.78 is 0. The number of hydrogen-bond donors (Lipinski definition) is 0. The van der Waals surface area contributed by atoms with Crippen LogP contribution in [0.25, 0.3) is 0 Å². The van der Waals surface area contributed by atoms with E-state index in [1.54, 1.807) is 0 Å². The van der Waals surface area contributed by atoms with Gasteiger partial charge in [0.25, 0.3) is 0 Å². The molecule has 24 heavy (non-hydrogen) atoms. The molecule has 1 atom stereocenters. The van der Waals surface area contributed by atoms with Crippen molar-refractivity contribution in [3.63, 3.8) is 0 Å². The number of carbonyl (C=O) groups is 1. The average molecular weight is 320 g/mol. The van der Waals surface area contributed by atoms with Crippen LogP contribution in [0.5, 0.6) is 0 Å². The molecule has 2 heterocycles.